The maximum absolute atomic E-state index is 12.1. The second-order valence-electron chi connectivity index (χ2n) is 4.74. The minimum absolute atomic E-state index is 0.0303. The molecule has 4 nitrogen and oxygen atoms in total. The van der Waals surface area contributed by atoms with Crippen molar-refractivity contribution in [1.29, 1.82) is 5.26 Å². The molecule has 0 aliphatic heterocycles. The van der Waals surface area contributed by atoms with Gasteiger partial charge in [-0.1, -0.05) is 18.9 Å². The van der Waals surface area contributed by atoms with Crippen LogP contribution >= 0.6 is 0 Å². The molecule has 1 aliphatic carbocycles. The quantitative estimate of drug-likeness (QED) is 0.834. The molecule has 0 radical (unpaired) electrons. The molecule has 0 spiro atoms. The largest absolute Gasteiger partial charge is 0.327 e. The Kier molecular flexibility index (Phi) is 3.96. The average molecular weight is 243 g/mol. The molecule has 0 saturated heterocycles. The number of amides is 1. The van der Waals surface area contributed by atoms with Crippen molar-refractivity contribution >= 4 is 11.6 Å². The molecule has 2 unspecified atom stereocenters. The number of rotatable bonds is 2. The predicted octanol–water partition coefficient (Wildman–Crippen LogP) is 2.01. The molecule has 18 heavy (non-hydrogen) atoms. The number of nitrogens with one attached hydrogen (secondary N) is 1. The summed E-state index contributed by atoms with van der Waals surface area (Å²) in [5, 5.41) is 11.7. The fraction of sp³-hybridized carbons (Fsp3) is 0.429. The molecule has 0 bridgehead atoms. The van der Waals surface area contributed by atoms with Crippen LogP contribution in [0, 0.1) is 17.2 Å². The third-order valence-corrected chi connectivity index (χ3v) is 3.42. The third kappa shape index (κ3) is 2.88. The first kappa shape index (κ1) is 12.6. The number of benzene rings is 1. The Morgan fingerprint density at radius 3 is 2.89 bits per heavy atom. The number of nitriles is 1. The van der Waals surface area contributed by atoms with Crippen molar-refractivity contribution in [3.8, 4) is 6.07 Å². The Balaban J connectivity index is 2.04. The minimum atomic E-state index is -0.107. The summed E-state index contributed by atoms with van der Waals surface area (Å²) < 4.78 is 0. The van der Waals surface area contributed by atoms with E-state index in [1.54, 1.807) is 24.3 Å². The van der Waals surface area contributed by atoms with Crippen molar-refractivity contribution < 1.29 is 4.79 Å². The van der Waals surface area contributed by atoms with E-state index in [2.05, 4.69) is 11.4 Å². The Morgan fingerprint density at radius 2 is 2.17 bits per heavy atom. The van der Waals surface area contributed by atoms with Crippen molar-refractivity contribution in [2.45, 2.75) is 31.7 Å². The van der Waals surface area contributed by atoms with E-state index in [0.717, 1.165) is 25.7 Å². The van der Waals surface area contributed by atoms with Gasteiger partial charge in [0.05, 0.1) is 17.6 Å². The molecule has 1 amide bonds. The topological polar surface area (TPSA) is 78.9 Å². The van der Waals surface area contributed by atoms with E-state index in [9.17, 15) is 4.79 Å². The molecule has 1 aliphatic rings. The first-order valence-corrected chi connectivity index (χ1v) is 6.27. The van der Waals surface area contributed by atoms with Crippen molar-refractivity contribution in [3.05, 3.63) is 29.8 Å². The molecule has 0 aromatic heterocycles. The van der Waals surface area contributed by atoms with Crippen LogP contribution in [0.3, 0.4) is 0 Å². The van der Waals surface area contributed by atoms with E-state index in [1.807, 2.05) is 0 Å². The summed E-state index contributed by atoms with van der Waals surface area (Å²) in [4.78, 5) is 12.1. The maximum Gasteiger partial charge on any atom is 0.229 e. The number of nitrogens with two attached hydrogens (primary N) is 1. The van der Waals surface area contributed by atoms with Crippen LogP contribution in [0.5, 0.6) is 0 Å². The van der Waals surface area contributed by atoms with Crippen LogP contribution < -0.4 is 11.1 Å². The fourth-order valence-corrected chi connectivity index (χ4v) is 2.39. The van der Waals surface area contributed by atoms with Gasteiger partial charge < -0.3 is 11.1 Å². The summed E-state index contributed by atoms with van der Waals surface area (Å²) in [5.74, 6) is -0.137. The molecule has 1 saturated carbocycles. The summed E-state index contributed by atoms with van der Waals surface area (Å²) in [6.45, 7) is 0. The summed E-state index contributed by atoms with van der Waals surface area (Å²) in [7, 11) is 0. The molecule has 4 heteroatoms. The van der Waals surface area contributed by atoms with Crippen LogP contribution in [0.1, 0.15) is 31.2 Å². The van der Waals surface area contributed by atoms with Gasteiger partial charge in [-0.2, -0.15) is 5.26 Å². The van der Waals surface area contributed by atoms with Crippen LogP contribution in [0.2, 0.25) is 0 Å². The van der Waals surface area contributed by atoms with E-state index in [4.69, 9.17) is 11.0 Å². The highest BCUT2D eigenvalue weighted by Crippen LogP contribution is 2.24. The van der Waals surface area contributed by atoms with Gasteiger partial charge in [0.1, 0.15) is 0 Å². The number of nitrogens with zero attached hydrogens (tertiary/aromatic N) is 1. The molecule has 1 aromatic rings. The molecule has 1 aromatic carbocycles. The Hall–Kier alpha value is -1.86. The molecule has 3 N–H and O–H groups in total. The number of carbonyl (C=O) groups is 1. The van der Waals surface area contributed by atoms with Crippen molar-refractivity contribution in [3.63, 3.8) is 0 Å². The molecule has 94 valence electrons. The highest BCUT2D eigenvalue weighted by molar-refractivity contribution is 5.93. The minimum Gasteiger partial charge on any atom is -0.327 e. The molecular formula is C14H17N3O. The first-order valence-electron chi connectivity index (χ1n) is 6.27. The number of anilines is 1. The Labute approximate surface area is 107 Å². The lowest BCUT2D eigenvalue weighted by Gasteiger charge is -2.27. The smallest absolute Gasteiger partial charge is 0.229 e. The molecule has 0 heterocycles. The molecule has 1 fully saturated rings. The van der Waals surface area contributed by atoms with Gasteiger partial charge in [0, 0.05) is 11.7 Å². The lowest BCUT2D eigenvalue weighted by molar-refractivity contribution is -0.121. The van der Waals surface area contributed by atoms with E-state index < -0.39 is 0 Å². The lowest BCUT2D eigenvalue weighted by Crippen LogP contribution is -2.40. The van der Waals surface area contributed by atoms with E-state index in [-0.39, 0.29) is 17.9 Å². The second kappa shape index (κ2) is 5.65. The second-order valence-corrected chi connectivity index (χ2v) is 4.74. The zero-order valence-electron chi connectivity index (χ0n) is 10.2. The zero-order chi connectivity index (χ0) is 13.0. The van der Waals surface area contributed by atoms with E-state index >= 15 is 0 Å². The molecular weight excluding hydrogens is 226 g/mol. The summed E-state index contributed by atoms with van der Waals surface area (Å²) in [5.41, 5.74) is 7.18. The van der Waals surface area contributed by atoms with Crippen LogP contribution in [0.25, 0.3) is 0 Å². The van der Waals surface area contributed by atoms with Crippen LogP contribution in [0.4, 0.5) is 5.69 Å². The molecule has 2 atom stereocenters. The van der Waals surface area contributed by atoms with Crippen LogP contribution in [0.15, 0.2) is 24.3 Å². The SMILES string of the molecule is N#Cc1cccc(NC(=O)C2CCCCC2N)c1. The van der Waals surface area contributed by atoms with Crippen molar-refractivity contribution in [1.82, 2.24) is 0 Å². The van der Waals surface area contributed by atoms with E-state index in [1.165, 1.54) is 0 Å². The Bertz CT molecular complexity index is 478. The van der Waals surface area contributed by atoms with Gasteiger partial charge in [-0.15, -0.1) is 0 Å². The van der Waals surface area contributed by atoms with E-state index in [0.29, 0.717) is 11.3 Å². The van der Waals surface area contributed by atoms with Crippen LogP contribution in [-0.2, 0) is 4.79 Å². The van der Waals surface area contributed by atoms with Crippen molar-refractivity contribution in [2.75, 3.05) is 5.32 Å². The lowest BCUT2D eigenvalue weighted by atomic mass is 9.84. The normalized spacial score (nSPS) is 23.1. The first-order chi connectivity index (χ1) is 8.70. The summed E-state index contributed by atoms with van der Waals surface area (Å²) >= 11 is 0. The van der Waals surface area contributed by atoms with Gasteiger partial charge in [0.25, 0.3) is 0 Å². The van der Waals surface area contributed by atoms with Gasteiger partial charge in [-0.3, -0.25) is 4.79 Å². The third-order valence-electron chi connectivity index (χ3n) is 3.42. The number of hydrogen-bond donors (Lipinski definition) is 2. The number of carbonyl (C=O) groups excluding carboxylic acids is 1. The average Bonchev–Trinajstić information content (AvgIpc) is 2.39. The van der Waals surface area contributed by atoms with Gasteiger partial charge in [0.2, 0.25) is 5.91 Å². The highest BCUT2D eigenvalue weighted by atomic mass is 16.1. The number of hydrogen-bond acceptors (Lipinski definition) is 3. The highest BCUT2D eigenvalue weighted by Gasteiger charge is 2.28. The monoisotopic (exact) mass is 243 g/mol. The van der Waals surface area contributed by atoms with Gasteiger partial charge in [-0.25, -0.2) is 0 Å². The zero-order valence-corrected chi connectivity index (χ0v) is 10.2. The molecule has 2 rings (SSSR count). The van der Waals surface area contributed by atoms with Crippen LogP contribution in [-0.4, -0.2) is 11.9 Å². The van der Waals surface area contributed by atoms with Gasteiger partial charge in [-0.05, 0) is 31.0 Å². The maximum atomic E-state index is 12.1. The summed E-state index contributed by atoms with van der Waals surface area (Å²) in [6, 6.07) is 8.94. The van der Waals surface area contributed by atoms with Gasteiger partial charge >= 0.3 is 0 Å². The predicted molar refractivity (Wildman–Crippen MR) is 69.7 cm³/mol. The Morgan fingerprint density at radius 1 is 1.39 bits per heavy atom. The standard InChI is InChI=1S/C14H17N3O/c15-9-10-4-3-5-11(8-10)17-14(18)12-6-1-2-7-13(12)16/h3-5,8,12-13H,1-2,6-7,16H2,(H,17,18). The van der Waals surface area contributed by atoms with Gasteiger partial charge in [0.15, 0.2) is 0 Å². The van der Waals surface area contributed by atoms with Crippen molar-refractivity contribution in [2.24, 2.45) is 11.7 Å². The fourth-order valence-electron chi connectivity index (χ4n) is 2.39. The summed E-state index contributed by atoms with van der Waals surface area (Å²) in [6.07, 6.45) is 3.93.